The summed E-state index contributed by atoms with van der Waals surface area (Å²) in [6.07, 6.45) is 2.00. The highest BCUT2D eigenvalue weighted by atomic mass is 16.6. The average molecular weight is 221 g/mol. The van der Waals surface area contributed by atoms with Crippen LogP contribution in [0.4, 0.5) is 0 Å². The number of hydrogen-bond donors (Lipinski definition) is 0. The Morgan fingerprint density at radius 1 is 1.38 bits per heavy atom. The molecule has 0 N–H and O–H groups in total. The lowest BCUT2D eigenvalue weighted by molar-refractivity contribution is -0.425. The second-order valence-electron chi connectivity index (χ2n) is 3.25. The van der Waals surface area contributed by atoms with Gasteiger partial charge in [0.1, 0.15) is 5.75 Å². The molecule has 4 heteroatoms. The number of ether oxygens (including phenoxy) is 1. The standard InChI is InChI=1S/C12H15NO3/c1-3-11(13(14)15)9-10-5-7-12(8-6-10)16-4-2/h5-9H,3-4H2,1-2H3. The van der Waals surface area contributed by atoms with Crippen LogP contribution in [0.3, 0.4) is 0 Å². The SMILES string of the molecule is CCOc1ccc(C=C(CC)[N+](=O)[O-])cc1. The molecule has 0 spiro atoms. The largest absolute Gasteiger partial charge is 0.494 e. The number of allylic oxidation sites excluding steroid dienone is 1. The molecule has 0 aliphatic rings. The summed E-state index contributed by atoms with van der Waals surface area (Å²) >= 11 is 0. The van der Waals surface area contributed by atoms with Crippen LogP contribution in [0.2, 0.25) is 0 Å². The molecule has 0 bridgehead atoms. The van der Waals surface area contributed by atoms with Gasteiger partial charge in [-0.1, -0.05) is 19.1 Å². The predicted octanol–water partition coefficient (Wildman–Crippen LogP) is 3.11. The van der Waals surface area contributed by atoms with Gasteiger partial charge in [-0.15, -0.1) is 0 Å². The monoisotopic (exact) mass is 221 g/mol. The third-order valence-electron chi connectivity index (χ3n) is 2.12. The molecule has 0 heterocycles. The minimum absolute atomic E-state index is 0.212. The quantitative estimate of drug-likeness (QED) is 0.567. The molecule has 4 nitrogen and oxygen atoms in total. The Balaban J connectivity index is 2.85. The minimum Gasteiger partial charge on any atom is -0.494 e. The number of benzene rings is 1. The molecule has 0 saturated heterocycles. The van der Waals surface area contributed by atoms with Crippen molar-refractivity contribution < 1.29 is 9.66 Å². The fraction of sp³-hybridized carbons (Fsp3) is 0.333. The van der Waals surface area contributed by atoms with Gasteiger partial charge in [0.15, 0.2) is 0 Å². The molecule has 0 atom stereocenters. The molecular formula is C12H15NO3. The van der Waals surface area contributed by atoms with Crippen molar-refractivity contribution in [2.45, 2.75) is 20.3 Å². The summed E-state index contributed by atoms with van der Waals surface area (Å²) in [5.41, 5.74) is 1.03. The topological polar surface area (TPSA) is 52.4 Å². The summed E-state index contributed by atoms with van der Waals surface area (Å²) in [5.74, 6) is 0.777. The van der Waals surface area contributed by atoms with Gasteiger partial charge in [0.2, 0.25) is 5.70 Å². The molecule has 0 amide bonds. The summed E-state index contributed by atoms with van der Waals surface area (Å²) < 4.78 is 5.29. The summed E-state index contributed by atoms with van der Waals surface area (Å²) in [6.45, 7) is 4.29. The molecule has 1 rings (SSSR count). The van der Waals surface area contributed by atoms with Crippen LogP contribution in [0, 0.1) is 10.1 Å². The van der Waals surface area contributed by atoms with Crippen LogP contribution in [0.1, 0.15) is 25.8 Å². The van der Waals surface area contributed by atoms with E-state index in [-0.39, 0.29) is 10.6 Å². The molecule has 0 aliphatic heterocycles. The van der Waals surface area contributed by atoms with Crippen LogP contribution in [0.25, 0.3) is 6.08 Å². The highest BCUT2D eigenvalue weighted by Gasteiger charge is 2.06. The molecule has 0 saturated carbocycles. The summed E-state index contributed by atoms with van der Waals surface area (Å²) in [6, 6.07) is 7.24. The number of nitrogens with zero attached hydrogens (tertiary/aromatic N) is 1. The Morgan fingerprint density at radius 2 is 2.00 bits per heavy atom. The van der Waals surface area contributed by atoms with Gasteiger partial charge in [-0.3, -0.25) is 10.1 Å². The van der Waals surface area contributed by atoms with E-state index >= 15 is 0 Å². The highest BCUT2D eigenvalue weighted by Crippen LogP contribution is 2.15. The second-order valence-corrected chi connectivity index (χ2v) is 3.25. The maximum atomic E-state index is 10.6. The van der Waals surface area contributed by atoms with Crippen LogP contribution in [-0.2, 0) is 0 Å². The van der Waals surface area contributed by atoms with Crippen LogP contribution in [-0.4, -0.2) is 11.5 Å². The molecule has 1 aromatic carbocycles. The predicted molar refractivity (Wildman–Crippen MR) is 62.9 cm³/mol. The van der Waals surface area contributed by atoms with E-state index in [4.69, 9.17) is 4.74 Å². The first-order chi connectivity index (χ1) is 7.67. The van der Waals surface area contributed by atoms with E-state index < -0.39 is 0 Å². The smallest absolute Gasteiger partial charge is 0.246 e. The Kier molecular flexibility index (Phi) is 4.51. The Hall–Kier alpha value is -1.84. The number of rotatable bonds is 5. The van der Waals surface area contributed by atoms with E-state index in [0.29, 0.717) is 13.0 Å². The van der Waals surface area contributed by atoms with Gasteiger partial charge in [0.25, 0.3) is 0 Å². The van der Waals surface area contributed by atoms with Gasteiger partial charge in [0, 0.05) is 12.5 Å². The summed E-state index contributed by atoms with van der Waals surface area (Å²) in [7, 11) is 0. The molecule has 0 aliphatic carbocycles. The lowest BCUT2D eigenvalue weighted by Gasteiger charge is -2.02. The Bertz CT molecular complexity index is 382. The van der Waals surface area contributed by atoms with E-state index in [9.17, 15) is 10.1 Å². The fourth-order valence-corrected chi connectivity index (χ4v) is 1.30. The lowest BCUT2D eigenvalue weighted by Crippen LogP contribution is -1.96. The van der Waals surface area contributed by atoms with Gasteiger partial charge in [-0.2, -0.15) is 0 Å². The molecule has 0 unspecified atom stereocenters. The van der Waals surface area contributed by atoms with Gasteiger partial charge in [-0.05, 0) is 24.6 Å². The van der Waals surface area contributed by atoms with Crippen LogP contribution >= 0.6 is 0 Å². The van der Waals surface area contributed by atoms with Crippen molar-refractivity contribution in [3.05, 3.63) is 45.6 Å². The third-order valence-corrected chi connectivity index (χ3v) is 2.12. The lowest BCUT2D eigenvalue weighted by atomic mass is 10.1. The van der Waals surface area contributed by atoms with Crippen molar-refractivity contribution in [3.63, 3.8) is 0 Å². The maximum Gasteiger partial charge on any atom is 0.246 e. The normalized spacial score (nSPS) is 11.2. The van der Waals surface area contributed by atoms with Crippen LogP contribution < -0.4 is 4.74 Å². The van der Waals surface area contributed by atoms with Crippen molar-refractivity contribution in [2.24, 2.45) is 0 Å². The summed E-state index contributed by atoms with van der Waals surface area (Å²) in [4.78, 5) is 10.3. The van der Waals surface area contributed by atoms with E-state index in [1.165, 1.54) is 0 Å². The van der Waals surface area contributed by atoms with Crippen molar-refractivity contribution in [1.82, 2.24) is 0 Å². The molecule has 1 aromatic rings. The van der Waals surface area contributed by atoms with E-state index in [2.05, 4.69) is 0 Å². The average Bonchev–Trinajstić information content (AvgIpc) is 2.28. The molecule has 16 heavy (non-hydrogen) atoms. The van der Waals surface area contributed by atoms with Gasteiger partial charge < -0.3 is 4.74 Å². The third kappa shape index (κ3) is 3.38. The van der Waals surface area contributed by atoms with Crippen LogP contribution in [0.5, 0.6) is 5.75 Å². The first kappa shape index (κ1) is 12.2. The first-order valence-electron chi connectivity index (χ1n) is 5.25. The number of nitro groups is 1. The molecule has 0 fully saturated rings. The van der Waals surface area contributed by atoms with E-state index in [1.807, 2.05) is 31.2 Å². The van der Waals surface area contributed by atoms with Gasteiger partial charge >= 0.3 is 0 Å². The molecule has 0 radical (unpaired) electrons. The Morgan fingerprint density at radius 3 is 2.44 bits per heavy atom. The van der Waals surface area contributed by atoms with Crippen molar-refractivity contribution in [1.29, 1.82) is 0 Å². The second kappa shape index (κ2) is 5.90. The summed E-state index contributed by atoms with van der Waals surface area (Å²) in [5, 5.41) is 10.6. The Labute approximate surface area is 94.7 Å². The zero-order valence-electron chi connectivity index (χ0n) is 9.47. The number of hydrogen-bond acceptors (Lipinski definition) is 3. The van der Waals surface area contributed by atoms with Crippen molar-refractivity contribution in [2.75, 3.05) is 6.61 Å². The zero-order valence-corrected chi connectivity index (χ0v) is 9.47. The van der Waals surface area contributed by atoms with E-state index in [0.717, 1.165) is 11.3 Å². The fourth-order valence-electron chi connectivity index (χ4n) is 1.30. The molecular weight excluding hydrogens is 206 g/mol. The molecule has 86 valence electrons. The van der Waals surface area contributed by atoms with Gasteiger partial charge in [0.05, 0.1) is 11.5 Å². The van der Waals surface area contributed by atoms with Gasteiger partial charge in [-0.25, -0.2) is 0 Å². The highest BCUT2D eigenvalue weighted by molar-refractivity contribution is 5.52. The zero-order chi connectivity index (χ0) is 12.0. The molecule has 0 aromatic heterocycles. The minimum atomic E-state index is -0.351. The first-order valence-corrected chi connectivity index (χ1v) is 5.25. The van der Waals surface area contributed by atoms with Crippen LogP contribution in [0.15, 0.2) is 30.0 Å². The van der Waals surface area contributed by atoms with Crippen molar-refractivity contribution >= 4 is 6.08 Å². The maximum absolute atomic E-state index is 10.6. The van der Waals surface area contributed by atoms with E-state index in [1.54, 1.807) is 13.0 Å². The van der Waals surface area contributed by atoms with Crippen molar-refractivity contribution in [3.8, 4) is 5.75 Å².